The van der Waals surface area contributed by atoms with E-state index in [4.69, 9.17) is 9.94 Å². The monoisotopic (exact) mass is 244 g/mol. The highest BCUT2D eigenvalue weighted by Crippen LogP contribution is 2.28. The van der Waals surface area contributed by atoms with Gasteiger partial charge in [-0.2, -0.15) is 0 Å². The third-order valence-corrected chi connectivity index (χ3v) is 2.99. The SMILES string of the molecule is CC(C)(C)OC(=O)NC1(CNO)CCCCC1. The fourth-order valence-electron chi connectivity index (χ4n) is 2.25. The number of hydroxylamine groups is 1. The normalized spacial score (nSPS) is 19.8. The van der Waals surface area contributed by atoms with Gasteiger partial charge in [-0.15, -0.1) is 0 Å². The molecule has 0 radical (unpaired) electrons. The number of ether oxygens (including phenoxy) is 1. The summed E-state index contributed by atoms with van der Waals surface area (Å²) in [5, 5.41) is 11.8. The number of nitrogens with one attached hydrogen (secondary N) is 2. The number of hydrogen-bond donors (Lipinski definition) is 3. The van der Waals surface area contributed by atoms with Crippen molar-refractivity contribution >= 4 is 6.09 Å². The average Bonchev–Trinajstić information content (AvgIpc) is 2.15. The Labute approximate surface area is 103 Å². The zero-order chi connectivity index (χ0) is 12.9. The van der Waals surface area contributed by atoms with E-state index in [1.54, 1.807) is 0 Å². The molecule has 1 amide bonds. The average molecular weight is 244 g/mol. The predicted octanol–water partition coefficient (Wildman–Crippen LogP) is 2.19. The van der Waals surface area contributed by atoms with Gasteiger partial charge in [0.05, 0.1) is 5.54 Å². The van der Waals surface area contributed by atoms with E-state index in [0.29, 0.717) is 6.54 Å². The lowest BCUT2D eigenvalue weighted by molar-refractivity contribution is 0.0371. The molecule has 0 aromatic carbocycles. The maximum absolute atomic E-state index is 11.8. The first kappa shape index (κ1) is 14.3. The lowest BCUT2D eigenvalue weighted by Gasteiger charge is -2.38. The van der Waals surface area contributed by atoms with Crippen molar-refractivity contribution in [2.45, 2.75) is 64.0 Å². The summed E-state index contributed by atoms with van der Waals surface area (Å²) < 4.78 is 5.25. The fourth-order valence-corrected chi connectivity index (χ4v) is 2.25. The Bertz CT molecular complexity index is 249. The molecule has 17 heavy (non-hydrogen) atoms. The Morgan fingerprint density at radius 3 is 2.35 bits per heavy atom. The first-order valence-electron chi connectivity index (χ1n) is 6.25. The number of carbonyl (C=O) groups is 1. The predicted molar refractivity (Wildman–Crippen MR) is 65.0 cm³/mol. The van der Waals surface area contributed by atoms with E-state index in [2.05, 4.69) is 10.8 Å². The van der Waals surface area contributed by atoms with E-state index in [-0.39, 0.29) is 5.54 Å². The summed E-state index contributed by atoms with van der Waals surface area (Å²) in [5.41, 5.74) is 1.32. The van der Waals surface area contributed by atoms with Crippen LogP contribution in [0.5, 0.6) is 0 Å². The lowest BCUT2D eigenvalue weighted by atomic mass is 9.82. The molecule has 1 aliphatic carbocycles. The van der Waals surface area contributed by atoms with E-state index in [1.165, 1.54) is 6.42 Å². The van der Waals surface area contributed by atoms with Crippen LogP contribution >= 0.6 is 0 Å². The molecule has 0 saturated heterocycles. The van der Waals surface area contributed by atoms with Gasteiger partial charge in [-0.25, -0.2) is 10.3 Å². The molecule has 0 aromatic rings. The van der Waals surface area contributed by atoms with Crippen molar-refractivity contribution in [2.75, 3.05) is 6.54 Å². The summed E-state index contributed by atoms with van der Waals surface area (Å²) in [4.78, 5) is 11.8. The molecule has 0 heterocycles. The van der Waals surface area contributed by atoms with Gasteiger partial charge in [0.25, 0.3) is 0 Å². The third-order valence-electron chi connectivity index (χ3n) is 2.99. The van der Waals surface area contributed by atoms with E-state index < -0.39 is 11.7 Å². The van der Waals surface area contributed by atoms with Gasteiger partial charge in [0.2, 0.25) is 0 Å². The molecule has 1 rings (SSSR count). The highest BCUT2D eigenvalue weighted by Gasteiger charge is 2.34. The summed E-state index contributed by atoms with van der Waals surface area (Å²) in [6.07, 6.45) is 4.66. The van der Waals surface area contributed by atoms with E-state index in [0.717, 1.165) is 25.7 Å². The van der Waals surface area contributed by atoms with Crippen LogP contribution in [0.3, 0.4) is 0 Å². The van der Waals surface area contributed by atoms with Crippen molar-refractivity contribution in [2.24, 2.45) is 0 Å². The molecule has 0 aliphatic heterocycles. The molecule has 3 N–H and O–H groups in total. The molecule has 5 heteroatoms. The smallest absolute Gasteiger partial charge is 0.408 e. The second-order valence-electron chi connectivity index (χ2n) is 5.80. The quantitative estimate of drug-likeness (QED) is 0.666. The minimum atomic E-state index is -0.493. The number of alkyl carbamates (subject to hydrolysis) is 1. The van der Waals surface area contributed by atoms with E-state index in [1.807, 2.05) is 20.8 Å². The van der Waals surface area contributed by atoms with Gasteiger partial charge in [-0.1, -0.05) is 19.3 Å². The molecular formula is C12H24N2O3. The van der Waals surface area contributed by atoms with Crippen LogP contribution in [0, 0.1) is 0 Å². The number of hydrogen-bond acceptors (Lipinski definition) is 4. The second kappa shape index (κ2) is 5.69. The topological polar surface area (TPSA) is 70.6 Å². The summed E-state index contributed by atoms with van der Waals surface area (Å²) in [7, 11) is 0. The maximum Gasteiger partial charge on any atom is 0.408 e. The van der Waals surface area contributed by atoms with Crippen LogP contribution in [0.15, 0.2) is 0 Å². The largest absolute Gasteiger partial charge is 0.444 e. The summed E-state index contributed by atoms with van der Waals surface area (Å²) in [5.74, 6) is 0. The van der Waals surface area contributed by atoms with Crippen molar-refractivity contribution in [1.29, 1.82) is 0 Å². The van der Waals surface area contributed by atoms with Crippen LogP contribution in [-0.4, -0.2) is 29.0 Å². The Hall–Kier alpha value is -0.810. The van der Waals surface area contributed by atoms with Gasteiger partial charge in [0.15, 0.2) is 0 Å². The zero-order valence-corrected chi connectivity index (χ0v) is 11.0. The Morgan fingerprint density at radius 2 is 1.88 bits per heavy atom. The van der Waals surface area contributed by atoms with Crippen LogP contribution < -0.4 is 10.8 Å². The standard InChI is InChI=1S/C12H24N2O3/c1-11(2,3)17-10(15)14-12(9-13-16)7-5-4-6-8-12/h13,16H,4-9H2,1-3H3,(H,14,15). The van der Waals surface area contributed by atoms with E-state index >= 15 is 0 Å². The zero-order valence-electron chi connectivity index (χ0n) is 11.0. The molecule has 0 spiro atoms. The fraction of sp³-hybridized carbons (Fsp3) is 0.917. The molecule has 1 saturated carbocycles. The van der Waals surface area contributed by atoms with Gasteiger partial charge in [0, 0.05) is 6.54 Å². The molecule has 5 nitrogen and oxygen atoms in total. The highest BCUT2D eigenvalue weighted by atomic mass is 16.6. The Morgan fingerprint density at radius 1 is 1.29 bits per heavy atom. The summed E-state index contributed by atoms with van der Waals surface area (Å²) >= 11 is 0. The minimum absolute atomic E-state index is 0.366. The van der Waals surface area contributed by atoms with Crippen molar-refractivity contribution in [1.82, 2.24) is 10.8 Å². The maximum atomic E-state index is 11.8. The molecule has 0 unspecified atom stereocenters. The van der Waals surface area contributed by atoms with Gasteiger partial charge in [-0.3, -0.25) is 0 Å². The second-order valence-corrected chi connectivity index (χ2v) is 5.80. The third kappa shape index (κ3) is 4.91. The van der Waals surface area contributed by atoms with Gasteiger partial charge in [0.1, 0.15) is 5.60 Å². The van der Waals surface area contributed by atoms with Gasteiger partial charge < -0.3 is 15.3 Å². The minimum Gasteiger partial charge on any atom is -0.444 e. The molecule has 1 aliphatic rings. The van der Waals surface area contributed by atoms with Crippen LogP contribution in [0.4, 0.5) is 4.79 Å². The molecule has 100 valence electrons. The number of carbonyl (C=O) groups excluding carboxylic acids is 1. The summed E-state index contributed by atoms with van der Waals surface area (Å²) in [6.45, 7) is 5.88. The van der Waals surface area contributed by atoms with Crippen molar-refractivity contribution in [3.05, 3.63) is 0 Å². The first-order chi connectivity index (χ1) is 7.87. The van der Waals surface area contributed by atoms with Crippen LogP contribution in [-0.2, 0) is 4.74 Å². The van der Waals surface area contributed by atoms with Crippen LogP contribution in [0.2, 0.25) is 0 Å². The van der Waals surface area contributed by atoms with Crippen molar-refractivity contribution in [3.63, 3.8) is 0 Å². The lowest BCUT2D eigenvalue weighted by Crippen LogP contribution is -2.56. The van der Waals surface area contributed by atoms with Gasteiger partial charge >= 0.3 is 6.09 Å². The molecule has 0 atom stereocenters. The van der Waals surface area contributed by atoms with Gasteiger partial charge in [-0.05, 0) is 33.6 Å². The highest BCUT2D eigenvalue weighted by molar-refractivity contribution is 5.68. The molecule has 0 aromatic heterocycles. The summed E-state index contributed by atoms with van der Waals surface area (Å²) in [6, 6.07) is 0. The molecule has 0 bridgehead atoms. The van der Waals surface area contributed by atoms with Crippen LogP contribution in [0.25, 0.3) is 0 Å². The van der Waals surface area contributed by atoms with Crippen molar-refractivity contribution < 1.29 is 14.7 Å². The van der Waals surface area contributed by atoms with E-state index in [9.17, 15) is 4.79 Å². The number of amides is 1. The molecular weight excluding hydrogens is 220 g/mol. The molecule has 1 fully saturated rings. The first-order valence-corrected chi connectivity index (χ1v) is 6.25. The Kier molecular flexibility index (Phi) is 4.77. The Balaban J connectivity index is 2.57. The van der Waals surface area contributed by atoms with Crippen LogP contribution in [0.1, 0.15) is 52.9 Å². The number of rotatable bonds is 3. The van der Waals surface area contributed by atoms with Crippen molar-refractivity contribution in [3.8, 4) is 0 Å².